The number of aliphatic hydroxyl groups excluding tert-OH is 5. The van der Waals surface area contributed by atoms with Crippen molar-refractivity contribution < 1.29 is 58.3 Å². The molecule has 6 unspecified atom stereocenters. The van der Waals surface area contributed by atoms with Gasteiger partial charge >= 0.3 is 13.8 Å². The van der Waals surface area contributed by atoms with Crippen molar-refractivity contribution in [2.75, 3.05) is 19.8 Å². The van der Waals surface area contributed by atoms with Gasteiger partial charge in [-0.1, -0.05) is 184 Å². The number of phosphoric ester groups is 1. The van der Waals surface area contributed by atoms with Crippen LogP contribution in [0.5, 0.6) is 0 Å². The number of carbonyl (C=O) groups excluding carboxylic acids is 1. The molecule has 12 nitrogen and oxygen atoms in total. The van der Waals surface area contributed by atoms with Crippen LogP contribution in [-0.4, -0.2) is 98.9 Å². The smallest absolute Gasteiger partial charge is 0.457 e. The largest absolute Gasteiger partial charge is 0.472 e. The van der Waals surface area contributed by atoms with Crippen molar-refractivity contribution in [3.05, 3.63) is 60.8 Å². The van der Waals surface area contributed by atoms with Crippen molar-refractivity contribution >= 4 is 13.8 Å². The van der Waals surface area contributed by atoms with Crippen molar-refractivity contribution in [2.24, 2.45) is 0 Å². The predicted octanol–water partition coefficient (Wildman–Crippen LogP) is 11.8. The SMILES string of the molecule is CC/C=C\C/C=C\C/C=C\C/C=C\CCCCCCCCCCCCCOCC(COP(=O)(O)OC1C(O)C(O)C(O)C(O)C1O)OC(=O)CCCCCCC/C=C\CCCCCCCC. The number of esters is 1. The number of hydrogen-bond acceptors (Lipinski definition) is 11. The topological polar surface area (TPSA) is 192 Å². The minimum atomic E-state index is -5.03. The molecule has 13 heteroatoms. The fourth-order valence-electron chi connectivity index (χ4n) is 7.75. The Kier molecular flexibility index (Phi) is 40.5. The van der Waals surface area contributed by atoms with Gasteiger partial charge in [0.2, 0.25) is 0 Å². The van der Waals surface area contributed by atoms with Gasteiger partial charge in [0.05, 0.1) is 13.2 Å². The number of allylic oxidation sites excluding steroid dienone is 10. The van der Waals surface area contributed by atoms with Crippen LogP contribution in [0.1, 0.15) is 206 Å². The Morgan fingerprint density at radius 2 is 0.894 bits per heavy atom. The van der Waals surface area contributed by atoms with E-state index in [-0.39, 0.29) is 13.0 Å². The second-order valence-electron chi connectivity index (χ2n) is 18.0. The lowest BCUT2D eigenvalue weighted by atomic mass is 9.85. The summed E-state index contributed by atoms with van der Waals surface area (Å²) in [6.07, 6.45) is 42.9. The minimum absolute atomic E-state index is 0.0835. The normalized spacial score (nSPS) is 21.9. The molecule has 0 aromatic carbocycles. The van der Waals surface area contributed by atoms with Gasteiger partial charge in [-0.25, -0.2) is 4.57 Å². The Labute approximate surface area is 400 Å². The van der Waals surface area contributed by atoms with Gasteiger partial charge in [0.15, 0.2) is 0 Å². The Balaban J connectivity index is 2.31. The summed E-state index contributed by atoms with van der Waals surface area (Å²) in [4.78, 5) is 23.2. The summed E-state index contributed by atoms with van der Waals surface area (Å²) >= 11 is 0. The molecular formula is C53H95O12P. The molecule has 66 heavy (non-hydrogen) atoms. The maximum Gasteiger partial charge on any atom is 0.472 e. The van der Waals surface area contributed by atoms with E-state index in [1.807, 2.05) is 0 Å². The molecule has 0 aliphatic heterocycles. The van der Waals surface area contributed by atoms with Crippen LogP contribution in [-0.2, 0) is 27.9 Å². The number of unbranched alkanes of at least 4 members (excludes halogenated alkanes) is 22. The van der Waals surface area contributed by atoms with Crippen LogP contribution in [0.2, 0.25) is 0 Å². The maximum absolute atomic E-state index is 12.9. The molecule has 0 aromatic rings. The van der Waals surface area contributed by atoms with Gasteiger partial charge in [0.1, 0.15) is 42.7 Å². The average molecular weight is 955 g/mol. The zero-order valence-corrected chi connectivity index (χ0v) is 42.1. The first-order valence-electron chi connectivity index (χ1n) is 26.1. The van der Waals surface area contributed by atoms with Gasteiger partial charge < -0.3 is 39.9 Å². The summed E-state index contributed by atoms with van der Waals surface area (Å²) in [6.45, 7) is 4.14. The molecule has 1 aliphatic carbocycles. The number of ether oxygens (including phenoxy) is 2. The first-order valence-corrected chi connectivity index (χ1v) is 27.6. The molecule has 1 rings (SSSR count). The summed E-state index contributed by atoms with van der Waals surface area (Å²) in [7, 11) is -5.03. The van der Waals surface area contributed by atoms with Gasteiger partial charge in [-0.2, -0.15) is 0 Å². The van der Waals surface area contributed by atoms with E-state index >= 15 is 0 Å². The van der Waals surface area contributed by atoms with Crippen LogP contribution >= 0.6 is 7.82 Å². The van der Waals surface area contributed by atoms with Gasteiger partial charge in [-0.05, 0) is 77.0 Å². The lowest BCUT2D eigenvalue weighted by Crippen LogP contribution is -2.64. The molecule has 0 aromatic heterocycles. The highest BCUT2D eigenvalue weighted by atomic mass is 31.2. The highest BCUT2D eigenvalue weighted by Gasteiger charge is 2.51. The number of carbonyl (C=O) groups is 1. The third-order valence-corrected chi connectivity index (χ3v) is 12.9. The van der Waals surface area contributed by atoms with E-state index in [9.17, 15) is 39.8 Å². The van der Waals surface area contributed by atoms with Crippen molar-refractivity contribution in [1.29, 1.82) is 0 Å². The highest BCUT2D eigenvalue weighted by Crippen LogP contribution is 2.47. The Bertz CT molecular complexity index is 1320. The molecule has 0 bridgehead atoms. The molecule has 0 amide bonds. The molecule has 0 saturated heterocycles. The van der Waals surface area contributed by atoms with Crippen LogP contribution in [0.3, 0.4) is 0 Å². The van der Waals surface area contributed by atoms with Gasteiger partial charge in [0.25, 0.3) is 0 Å². The zero-order chi connectivity index (χ0) is 48.4. The zero-order valence-electron chi connectivity index (χ0n) is 41.2. The summed E-state index contributed by atoms with van der Waals surface area (Å²) in [5.41, 5.74) is 0. The van der Waals surface area contributed by atoms with E-state index in [0.29, 0.717) is 13.0 Å². The Hall–Kier alpha value is -1.96. The molecule has 6 N–H and O–H groups in total. The van der Waals surface area contributed by atoms with Gasteiger partial charge in [0, 0.05) is 13.0 Å². The molecule has 1 fully saturated rings. The second-order valence-corrected chi connectivity index (χ2v) is 19.4. The fourth-order valence-corrected chi connectivity index (χ4v) is 8.73. The first-order chi connectivity index (χ1) is 32.0. The van der Waals surface area contributed by atoms with Crippen LogP contribution < -0.4 is 0 Å². The molecule has 1 aliphatic rings. The number of aliphatic hydroxyl groups is 5. The van der Waals surface area contributed by atoms with E-state index in [2.05, 4.69) is 74.6 Å². The number of phosphoric acid groups is 1. The van der Waals surface area contributed by atoms with E-state index in [1.54, 1.807) is 0 Å². The third-order valence-electron chi connectivity index (χ3n) is 11.9. The Morgan fingerprint density at radius 3 is 1.38 bits per heavy atom. The Morgan fingerprint density at radius 1 is 0.500 bits per heavy atom. The molecule has 1 saturated carbocycles. The lowest BCUT2D eigenvalue weighted by Gasteiger charge is -2.41. The maximum atomic E-state index is 12.9. The van der Waals surface area contributed by atoms with E-state index in [4.69, 9.17) is 18.5 Å². The summed E-state index contributed by atoms with van der Waals surface area (Å²) in [5, 5.41) is 50.3. The molecule has 384 valence electrons. The van der Waals surface area contributed by atoms with Crippen molar-refractivity contribution in [3.63, 3.8) is 0 Å². The number of hydrogen-bond donors (Lipinski definition) is 6. The molecule has 0 heterocycles. The van der Waals surface area contributed by atoms with E-state index < -0.39 is 63.1 Å². The van der Waals surface area contributed by atoms with Crippen LogP contribution in [0.15, 0.2) is 60.8 Å². The van der Waals surface area contributed by atoms with Gasteiger partial charge in [-0.15, -0.1) is 0 Å². The summed E-state index contributed by atoms with van der Waals surface area (Å²) < 4.78 is 34.3. The van der Waals surface area contributed by atoms with E-state index in [0.717, 1.165) is 89.9 Å². The first kappa shape index (κ1) is 62.1. The quantitative estimate of drug-likeness (QED) is 0.0147. The summed E-state index contributed by atoms with van der Waals surface area (Å²) in [6, 6.07) is 0. The molecule has 6 atom stereocenters. The molecular weight excluding hydrogens is 860 g/mol. The molecule has 0 radical (unpaired) electrons. The standard InChI is InChI=1S/C53H95O12P/c1-3-5-7-9-11-13-15-17-19-20-21-22-23-24-25-26-27-29-31-33-35-37-39-41-43-62-44-46(45-63-66(60,61)65-53-51(58)49(56)48(55)50(57)52(53)59)64-47(54)42-40-38-36-34-32-30-28-18-16-14-12-10-8-6-4-2/h5,7,11,13,17-19,21-22,28,46,48-53,55-59H,3-4,6,8-10,12,14-16,20,23-27,29-45H2,1-2H3,(H,60,61)/b7-5-,13-11-,19-17-,22-21-,28-18-. The van der Waals surface area contributed by atoms with Gasteiger partial charge in [-0.3, -0.25) is 13.8 Å². The highest BCUT2D eigenvalue weighted by molar-refractivity contribution is 7.47. The van der Waals surface area contributed by atoms with Crippen LogP contribution in [0, 0.1) is 0 Å². The predicted molar refractivity (Wildman–Crippen MR) is 267 cm³/mol. The monoisotopic (exact) mass is 955 g/mol. The number of rotatable bonds is 44. The van der Waals surface area contributed by atoms with Crippen molar-refractivity contribution in [1.82, 2.24) is 0 Å². The summed E-state index contributed by atoms with van der Waals surface area (Å²) in [5.74, 6) is -0.487. The van der Waals surface area contributed by atoms with Crippen molar-refractivity contribution in [2.45, 2.75) is 249 Å². The van der Waals surface area contributed by atoms with E-state index in [1.165, 1.54) is 89.9 Å². The van der Waals surface area contributed by atoms with Crippen LogP contribution in [0.25, 0.3) is 0 Å². The van der Waals surface area contributed by atoms with Crippen LogP contribution in [0.4, 0.5) is 0 Å². The fraction of sp³-hybridized carbons (Fsp3) is 0.792. The third kappa shape index (κ3) is 34.3. The average Bonchev–Trinajstić information content (AvgIpc) is 3.30. The second kappa shape index (κ2) is 43.1. The minimum Gasteiger partial charge on any atom is -0.457 e. The lowest BCUT2D eigenvalue weighted by molar-refractivity contribution is -0.220. The molecule has 0 spiro atoms. The van der Waals surface area contributed by atoms with Crippen molar-refractivity contribution in [3.8, 4) is 0 Å².